The lowest BCUT2D eigenvalue weighted by Crippen LogP contribution is -2.65. The average Bonchev–Trinajstić information content (AvgIpc) is 2.65. The number of rotatable bonds is 7. The van der Waals surface area contributed by atoms with Crippen LogP contribution in [0.1, 0.15) is 24.5 Å². The van der Waals surface area contributed by atoms with Crippen molar-refractivity contribution in [3.05, 3.63) is 65.7 Å². The van der Waals surface area contributed by atoms with E-state index in [1.807, 2.05) is 18.2 Å². The van der Waals surface area contributed by atoms with E-state index in [-0.39, 0.29) is 11.4 Å². The molecule has 1 unspecified atom stereocenters. The zero-order chi connectivity index (χ0) is 17.7. The van der Waals surface area contributed by atoms with Crippen molar-refractivity contribution in [3.63, 3.8) is 0 Å². The normalized spacial score (nSPS) is 20.1. The Hall–Kier alpha value is -1.78. The first-order chi connectivity index (χ1) is 12.1. The van der Waals surface area contributed by atoms with Crippen molar-refractivity contribution < 1.29 is 4.79 Å². The number of thioether (sulfide) groups is 1. The Labute approximate surface area is 154 Å². The van der Waals surface area contributed by atoms with Crippen molar-refractivity contribution in [1.29, 1.82) is 0 Å². The largest absolute Gasteiger partial charge is 0.354 e. The molecule has 1 heterocycles. The molecule has 1 N–H and O–H groups in total. The van der Waals surface area contributed by atoms with Crippen LogP contribution in [0, 0.1) is 0 Å². The molecule has 0 aromatic heterocycles. The molecule has 3 nitrogen and oxygen atoms in total. The van der Waals surface area contributed by atoms with Crippen LogP contribution in [0.2, 0.25) is 0 Å². The molecule has 1 saturated heterocycles. The molecule has 2 aromatic carbocycles. The number of hydrogen-bond acceptors (Lipinski definition) is 3. The maximum atomic E-state index is 12.7. The molecule has 0 bridgehead atoms. The van der Waals surface area contributed by atoms with Crippen molar-refractivity contribution in [2.75, 3.05) is 19.3 Å². The highest BCUT2D eigenvalue weighted by Crippen LogP contribution is 2.32. The van der Waals surface area contributed by atoms with E-state index in [4.69, 9.17) is 0 Å². The Morgan fingerprint density at radius 2 is 1.84 bits per heavy atom. The highest BCUT2D eigenvalue weighted by Gasteiger charge is 2.46. The predicted octanol–water partition coefficient (Wildman–Crippen LogP) is 3.73. The molecule has 0 radical (unpaired) electrons. The quantitative estimate of drug-likeness (QED) is 0.769. The fraction of sp³-hybridized carbons (Fsp3) is 0.381. The molecule has 132 valence electrons. The number of carbonyl (C=O) groups excluding carboxylic acids is 1. The van der Waals surface area contributed by atoms with Crippen LogP contribution in [0.3, 0.4) is 0 Å². The van der Waals surface area contributed by atoms with Gasteiger partial charge in [0.25, 0.3) is 0 Å². The molecule has 1 atom stereocenters. The smallest absolute Gasteiger partial charge is 0.240 e. The fourth-order valence-electron chi connectivity index (χ4n) is 3.22. The second kappa shape index (κ2) is 8.07. The van der Waals surface area contributed by atoms with Gasteiger partial charge in [0.2, 0.25) is 5.91 Å². The van der Waals surface area contributed by atoms with E-state index in [0.29, 0.717) is 6.54 Å². The van der Waals surface area contributed by atoms with Gasteiger partial charge in [-0.05, 0) is 49.3 Å². The Bertz CT molecular complexity index is 702. The van der Waals surface area contributed by atoms with Gasteiger partial charge in [-0.3, -0.25) is 9.69 Å². The topological polar surface area (TPSA) is 32.3 Å². The van der Waals surface area contributed by atoms with Gasteiger partial charge in [0.1, 0.15) is 0 Å². The summed E-state index contributed by atoms with van der Waals surface area (Å²) in [5.41, 5.74) is 2.14. The number of amides is 1. The van der Waals surface area contributed by atoms with Gasteiger partial charge >= 0.3 is 0 Å². The first kappa shape index (κ1) is 18.0. The van der Waals surface area contributed by atoms with E-state index in [9.17, 15) is 4.79 Å². The number of nitrogens with zero attached hydrogens (tertiary/aromatic N) is 1. The standard InChI is InChI=1S/C21H26N2OS/c1-21(20(24)22-14-12-17-6-4-3-5-7-17)13-15-23(21)16-18-8-10-19(25-2)11-9-18/h3-11H,12-16H2,1-2H3,(H,22,24). The maximum Gasteiger partial charge on any atom is 0.240 e. The molecule has 0 spiro atoms. The van der Waals surface area contributed by atoms with E-state index in [2.05, 4.69) is 59.8 Å². The van der Waals surface area contributed by atoms with Gasteiger partial charge in [-0.1, -0.05) is 42.5 Å². The van der Waals surface area contributed by atoms with Gasteiger partial charge in [0.15, 0.2) is 0 Å². The second-order valence-corrected chi connectivity index (χ2v) is 7.66. The van der Waals surface area contributed by atoms with Crippen LogP contribution in [0.5, 0.6) is 0 Å². The summed E-state index contributed by atoms with van der Waals surface area (Å²) in [4.78, 5) is 16.2. The molecule has 1 fully saturated rings. The summed E-state index contributed by atoms with van der Waals surface area (Å²) in [6, 6.07) is 18.9. The van der Waals surface area contributed by atoms with Crippen LogP contribution in [0.25, 0.3) is 0 Å². The summed E-state index contributed by atoms with van der Waals surface area (Å²) in [6.45, 7) is 4.56. The Balaban J connectivity index is 1.52. The summed E-state index contributed by atoms with van der Waals surface area (Å²) in [5.74, 6) is 0.149. The first-order valence-electron chi connectivity index (χ1n) is 8.82. The number of hydrogen-bond donors (Lipinski definition) is 1. The zero-order valence-electron chi connectivity index (χ0n) is 15.0. The van der Waals surface area contributed by atoms with Crippen LogP contribution in [-0.2, 0) is 17.8 Å². The minimum Gasteiger partial charge on any atom is -0.354 e. The number of carbonyl (C=O) groups is 1. The van der Waals surface area contributed by atoms with Gasteiger partial charge in [-0.2, -0.15) is 0 Å². The molecule has 4 heteroatoms. The van der Waals surface area contributed by atoms with Crippen molar-refractivity contribution in [2.45, 2.75) is 36.7 Å². The van der Waals surface area contributed by atoms with Crippen molar-refractivity contribution in [3.8, 4) is 0 Å². The van der Waals surface area contributed by atoms with Crippen LogP contribution in [0.15, 0.2) is 59.5 Å². The Morgan fingerprint density at radius 3 is 2.44 bits per heavy atom. The molecule has 1 amide bonds. The molecule has 25 heavy (non-hydrogen) atoms. The van der Waals surface area contributed by atoms with Gasteiger partial charge in [-0.25, -0.2) is 0 Å². The molecule has 1 aliphatic rings. The van der Waals surface area contributed by atoms with E-state index in [1.54, 1.807) is 11.8 Å². The molecule has 0 saturated carbocycles. The molecule has 2 aromatic rings. The number of nitrogens with one attached hydrogen (secondary N) is 1. The SMILES string of the molecule is CSc1ccc(CN2CCC2(C)C(=O)NCCc2ccccc2)cc1. The van der Waals surface area contributed by atoms with E-state index < -0.39 is 0 Å². The molecule has 0 aliphatic carbocycles. The van der Waals surface area contributed by atoms with Gasteiger partial charge in [0.05, 0.1) is 5.54 Å². The minimum atomic E-state index is -0.380. The lowest BCUT2D eigenvalue weighted by atomic mass is 9.85. The van der Waals surface area contributed by atoms with E-state index in [0.717, 1.165) is 25.9 Å². The summed E-state index contributed by atoms with van der Waals surface area (Å²) in [5, 5.41) is 3.12. The lowest BCUT2D eigenvalue weighted by molar-refractivity contribution is -0.141. The third-order valence-corrected chi connectivity index (χ3v) is 5.87. The van der Waals surface area contributed by atoms with Gasteiger partial charge in [-0.15, -0.1) is 11.8 Å². The maximum absolute atomic E-state index is 12.7. The highest BCUT2D eigenvalue weighted by atomic mass is 32.2. The summed E-state index contributed by atoms with van der Waals surface area (Å²) >= 11 is 1.75. The van der Waals surface area contributed by atoms with E-state index >= 15 is 0 Å². The summed E-state index contributed by atoms with van der Waals surface area (Å²) in [6.07, 6.45) is 3.88. The second-order valence-electron chi connectivity index (χ2n) is 6.78. The average molecular weight is 355 g/mol. The third kappa shape index (κ3) is 4.25. The Kier molecular flexibility index (Phi) is 5.82. The van der Waals surface area contributed by atoms with Crippen LogP contribution < -0.4 is 5.32 Å². The number of likely N-dealkylation sites (tertiary alicyclic amines) is 1. The van der Waals surface area contributed by atoms with Crippen molar-refractivity contribution >= 4 is 17.7 Å². The van der Waals surface area contributed by atoms with Gasteiger partial charge in [0, 0.05) is 24.5 Å². The third-order valence-electron chi connectivity index (χ3n) is 5.13. The highest BCUT2D eigenvalue weighted by molar-refractivity contribution is 7.98. The monoisotopic (exact) mass is 354 g/mol. The van der Waals surface area contributed by atoms with Crippen LogP contribution in [-0.4, -0.2) is 35.7 Å². The fourth-order valence-corrected chi connectivity index (χ4v) is 3.63. The molecular weight excluding hydrogens is 328 g/mol. The molecule has 1 aliphatic heterocycles. The Morgan fingerprint density at radius 1 is 1.12 bits per heavy atom. The van der Waals surface area contributed by atoms with E-state index in [1.165, 1.54) is 16.0 Å². The molecular formula is C21H26N2OS. The first-order valence-corrected chi connectivity index (χ1v) is 10.0. The van der Waals surface area contributed by atoms with Crippen molar-refractivity contribution in [1.82, 2.24) is 10.2 Å². The predicted molar refractivity (Wildman–Crippen MR) is 105 cm³/mol. The lowest BCUT2D eigenvalue weighted by Gasteiger charge is -2.49. The number of benzene rings is 2. The van der Waals surface area contributed by atoms with Crippen LogP contribution in [0.4, 0.5) is 0 Å². The minimum absolute atomic E-state index is 0.149. The van der Waals surface area contributed by atoms with Crippen LogP contribution >= 0.6 is 11.8 Å². The summed E-state index contributed by atoms with van der Waals surface area (Å²) < 4.78 is 0. The summed E-state index contributed by atoms with van der Waals surface area (Å²) in [7, 11) is 0. The van der Waals surface area contributed by atoms with Gasteiger partial charge < -0.3 is 5.32 Å². The molecule has 3 rings (SSSR count). The van der Waals surface area contributed by atoms with Crippen molar-refractivity contribution in [2.24, 2.45) is 0 Å². The zero-order valence-corrected chi connectivity index (χ0v) is 15.8.